The molecule has 1 aromatic carbocycles. The Labute approximate surface area is 168 Å². The molecule has 0 radical (unpaired) electrons. The van der Waals surface area contributed by atoms with Crippen molar-refractivity contribution >= 4 is 23.4 Å². The van der Waals surface area contributed by atoms with Crippen LogP contribution in [0.4, 0.5) is 5.69 Å². The van der Waals surface area contributed by atoms with Crippen molar-refractivity contribution in [1.29, 1.82) is 0 Å². The highest BCUT2D eigenvalue weighted by Crippen LogP contribution is 2.33. The fourth-order valence-electron chi connectivity index (χ4n) is 4.51. The monoisotopic (exact) mass is 387 g/mol. The molecule has 3 aliphatic rings. The molecule has 148 valence electrons. The van der Waals surface area contributed by atoms with Crippen LogP contribution in [-0.4, -0.2) is 58.9 Å². The zero-order chi connectivity index (χ0) is 18.5. The number of rotatable bonds is 7. The minimum atomic E-state index is 0.152. The number of hydrogen-bond acceptors (Lipinski definition) is 4. The number of thioether (sulfide) groups is 1. The molecule has 27 heavy (non-hydrogen) atoms. The first-order chi connectivity index (χ1) is 13.3. The van der Waals surface area contributed by atoms with Crippen molar-refractivity contribution in [3.63, 3.8) is 0 Å². The Balaban J connectivity index is 1.32. The van der Waals surface area contributed by atoms with Crippen molar-refractivity contribution in [2.24, 2.45) is 0 Å². The highest BCUT2D eigenvalue weighted by molar-refractivity contribution is 7.99. The molecule has 1 saturated heterocycles. The van der Waals surface area contributed by atoms with Gasteiger partial charge in [0, 0.05) is 48.9 Å². The van der Waals surface area contributed by atoms with Crippen molar-refractivity contribution in [2.75, 3.05) is 36.5 Å². The second-order valence-electron chi connectivity index (χ2n) is 8.33. The molecule has 1 N–H and O–H groups in total. The van der Waals surface area contributed by atoms with Crippen molar-refractivity contribution in [2.45, 2.75) is 63.6 Å². The molecule has 0 bridgehead atoms. The van der Waals surface area contributed by atoms with Gasteiger partial charge in [-0.1, -0.05) is 31.4 Å². The van der Waals surface area contributed by atoms with Crippen LogP contribution in [0.3, 0.4) is 0 Å². The minimum absolute atomic E-state index is 0.152. The summed E-state index contributed by atoms with van der Waals surface area (Å²) >= 11 is 2.04. The topological polar surface area (TPSA) is 35.6 Å². The first-order valence-corrected chi connectivity index (χ1v) is 11.9. The summed E-state index contributed by atoms with van der Waals surface area (Å²) in [6.45, 7) is 3.88. The fourth-order valence-corrected chi connectivity index (χ4v) is 5.49. The first kappa shape index (κ1) is 19.3. The molecule has 1 aliphatic heterocycles. The van der Waals surface area contributed by atoms with Gasteiger partial charge in [0.2, 0.25) is 5.91 Å². The van der Waals surface area contributed by atoms with Crippen LogP contribution in [-0.2, 0) is 11.3 Å². The van der Waals surface area contributed by atoms with Gasteiger partial charge < -0.3 is 5.32 Å². The molecule has 0 aromatic heterocycles. The third kappa shape index (κ3) is 5.72. The standard InChI is InChI=1S/C22H33N3OS/c26-22(17-25(21-9-10-21)20-7-2-1-3-8-20)23-19-6-4-5-18(15-19)16-24-11-13-27-14-12-24/h4-6,15,20-21H,1-3,7-14,16-17H2,(H,23,26). The molecule has 5 heteroatoms. The lowest BCUT2D eigenvalue weighted by Gasteiger charge is -2.34. The summed E-state index contributed by atoms with van der Waals surface area (Å²) < 4.78 is 0. The number of hydrogen-bond donors (Lipinski definition) is 1. The maximum Gasteiger partial charge on any atom is 0.238 e. The number of anilines is 1. The van der Waals surface area contributed by atoms with Gasteiger partial charge in [-0.2, -0.15) is 11.8 Å². The lowest BCUT2D eigenvalue weighted by molar-refractivity contribution is -0.118. The summed E-state index contributed by atoms with van der Waals surface area (Å²) in [4.78, 5) is 17.7. The van der Waals surface area contributed by atoms with E-state index in [1.54, 1.807) is 0 Å². The second kappa shape index (κ2) is 9.44. The predicted molar refractivity (Wildman–Crippen MR) is 114 cm³/mol. The highest BCUT2D eigenvalue weighted by atomic mass is 32.2. The van der Waals surface area contributed by atoms with Crippen molar-refractivity contribution in [3.05, 3.63) is 29.8 Å². The zero-order valence-corrected chi connectivity index (χ0v) is 17.2. The predicted octanol–water partition coefficient (Wildman–Crippen LogP) is 3.97. The molecular weight excluding hydrogens is 354 g/mol. The Morgan fingerprint density at radius 3 is 2.56 bits per heavy atom. The van der Waals surface area contributed by atoms with Crippen LogP contribution < -0.4 is 5.32 Å². The van der Waals surface area contributed by atoms with Crippen LogP contribution in [0, 0.1) is 0 Å². The minimum Gasteiger partial charge on any atom is -0.325 e. The maximum atomic E-state index is 12.7. The third-order valence-corrected chi connectivity index (χ3v) is 7.05. The van der Waals surface area contributed by atoms with Crippen LogP contribution in [0.1, 0.15) is 50.5 Å². The molecule has 1 amide bonds. The number of nitrogens with one attached hydrogen (secondary N) is 1. The molecule has 0 unspecified atom stereocenters. The van der Waals surface area contributed by atoms with Gasteiger partial charge in [0.15, 0.2) is 0 Å². The summed E-state index contributed by atoms with van der Waals surface area (Å²) in [5.41, 5.74) is 2.24. The van der Waals surface area contributed by atoms with Crippen molar-refractivity contribution < 1.29 is 4.79 Å². The molecule has 0 atom stereocenters. The Morgan fingerprint density at radius 1 is 1.07 bits per heavy atom. The number of benzene rings is 1. The average molecular weight is 388 g/mol. The second-order valence-corrected chi connectivity index (χ2v) is 9.56. The van der Waals surface area contributed by atoms with E-state index < -0.39 is 0 Å². The Kier molecular flexibility index (Phi) is 6.74. The number of carbonyl (C=O) groups is 1. The summed E-state index contributed by atoms with van der Waals surface area (Å²) in [5, 5.41) is 3.17. The van der Waals surface area contributed by atoms with Gasteiger partial charge in [0.25, 0.3) is 0 Å². The van der Waals surface area contributed by atoms with E-state index in [0.717, 1.165) is 12.2 Å². The van der Waals surface area contributed by atoms with E-state index >= 15 is 0 Å². The Bertz CT molecular complexity index is 622. The quantitative estimate of drug-likeness (QED) is 0.768. The van der Waals surface area contributed by atoms with E-state index in [1.165, 1.54) is 75.1 Å². The molecule has 3 fully saturated rings. The van der Waals surface area contributed by atoms with E-state index in [9.17, 15) is 4.79 Å². The molecule has 2 saturated carbocycles. The van der Waals surface area contributed by atoms with Crippen LogP contribution >= 0.6 is 11.8 Å². The van der Waals surface area contributed by atoms with Gasteiger partial charge in [0.1, 0.15) is 0 Å². The van der Waals surface area contributed by atoms with Gasteiger partial charge in [-0.3, -0.25) is 14.6 Å². The van der Waals surface area contributed by atoms with Gasteiger partial charge in [0.05, 0.1) is 6.54 Å². The molecule has 1 aromatic rings. The summed E-state index contributed by atoms with van der Waals surface area (Å²) in [6, 6.07) is 9.71. The Hall–Kier alpha value is -1.04. The first-order valence-electron chi connectivity index (χ1n) is 10.7. The largest absolute Gasteiger partial charge is 0.325 e. The molecule has 1 heterocycles. The van der Waals surface area contributed by atoms with Crippen LogP contribution in [0.25, 0.3) is 0 Å². The van der Waals surface area contributed by atoms with Gasteiger partial charge in [-0.15, -0.1) is 0 Å². The summed E-state index contributed by atoms with van der Waals surface area (Å²) in [5.74, 6) is 2.61. The molecule has 4 rings (SSSR count). The molecular formula is C22H33N3OS. The average Bonchev–Trinajstić information content (AvgIpc) is 3.53. The smallest absolute Gasteiger partial charge is 0.238 e. The van der Waals surface area contributed by atoms with E-state index in [-0.39, 0.29) is 5.91 Å². The summed E-state index contributed by atoms with van der Waals surface area (Å²) in [7, 11) is 0. The molecule has 4 nitrogen and oxygen atoms in total. The van der Waals surface area contributed by atoms with Gasteiger partial charge >= 0.3 is 0 Å². The van der Waals surface area contributed by atoms with E-state index in [1.807, 2.05) is 17.8 Å². The van der Waals surface area contributed by atoms with Crippen molar-refractivity contribution in [1.82, 2.24) is 9.80 Å². The number of carbonyl (C=O) groups excluding carboxylic acids is 1. The van der Waals surface area contributed by atoms with E-state index in [0.29, 0.717) is 18.6 Å². The normalized spacial score (nSPS) is 22.1. The Morgan fingerprint density at radius 2 is 1.81 bits per heavy atom. The van der Waals surface area contributed by atoms with E-state index in [2.05, 4.69) is 33.3 Å². The number of amides is 1. The van der Waals surface area contributed by atoms with Gasteiger partial charge in [-0.05, 0) is 43.4 Å². The van der Waals surface area contributed by atoms with Crippen LogP contribution in [0.5, 0.6) is 0 Å². The third-order valence-electron chi connectivity index (χ3n) is 6.11. The molecule has 2 aliphatic carbocycles. The lowest BCUT2D eigenvalue weighted by Crippen LogP contribution is -2.43. The maximum absolute atomic E-state index is 12.7. The zero-order valence-electron chi connectivity index (χ0n) is 16.4. The lowest BCUT2D eigenvalue weighted by atomic mass is 9.94. The SMILES string of the molecule is O=C(CN(C1CCCCC1)C1CC1)Nc1cccc(CN2CCSCC2)c1. The summed E-state index contributed by atoms with van der Waals surface area (Å²) in [6.07, 6.45) is 9.10. The van der Waals surface area contributed by atoms with Gasteiger partial charge in [-0.25, -0.2) is 0 Å². The van der Waals surface area contributed by atoms with Crippen molar-refractivity contribution in [3.8, 4) is 0 Å². The van der Waals surface area contributed by atoms with Crippen LogP contribution in [0.15, 0.2) is 24.3 Å². The fraction of sp³-hybridized carbons (Fsp3) is 0.682. The van der Waals surface area contributed by atoms with E-state index in [4.69, 9.17) is 0 Å². The number of nitrogens with zero attached hydrogens (tertiary/aromatic N) is 2. The van der Waals surface area contributed by atoms with Crippen LogP contribution in [0.2, 0.25) is 0 Å². The highest BCUT2D eigenvalue weighted by Gasteiger charge is 2.35. The molecule has 0 spiro atoms.